The van der Waals surface area contributed by atoms with E-state index in [4.69, 9.17) is 0 Å². The van der Waals surface area contributed by atoms with Gasteiger partial charge in [-0.05, 0) is 32.0 Å². The molecule has 2 N–H and O–H groups in total. The Bertz CT molecular complexity index is 722. The third kappa shape index (κ3) is 4.78. The van der Waals surface area contributed by atoms with E-state index >= 15 is 0 Å². The second-order valence-corrected chi connectivity index (χ2v) is 7.00. The zero-order chi connectivity index (χ0) is 16.2. The number of hydrogen-bond acceptors (Lipinski definition) is 5. The van der Waals surface area contributed by atoms with E-state index in [1.807, 2.05) is 44.2 Å². The van der Waals surface area contributed by atoms with Crippen molar-refractivity contribution >= 4 is 15.8 Å². The Balaban J connectivity index is 1.99. The summed E-state index contributed by atoms with van der Waals surface area (Å²) in [6, 6.07) is 9.36. The average Bonchev–Trinajstić information content (AvgIpc) is 2.45. The lowest BCUT2D eigenvalue weighted by atomic mass is 10.1. The molecule has 2 aromatic rings. The molecule has 1 aromatic heterocycles. The third-order valence-corrected chi connectivity index (χ3v) is 4.47. The Morgan fingerprint density at radius 3 is 2.27 bits per heavy atom. The van der Waals surface area contributed by atoms with Crippen LogP contribution in [0.1, 0.15) is 22.6 Å². The number of benzene rings is 1. The molecule has 2 rings (SSSR count). The van der Waals surface area contributed by atoms with Crippen LogP contribution in [0.3, 0.4) is 0 Å². The normalized spacial score (nSPS) is 11.4. The van der Waals surface area contributed by atoms with Gasteiger partial charge < -0.3 is 5.32 Å². The van der Waals surface area contributed by atoms with Gasteiger partial charge in [-0.25, -0.2) is 23.1 Å². The molecule has 0 aliphatic heterocycles. The molecule has 0 bridgehead atoms. The standard InChI is InChI=1S/C15H20N4O2S/c1-11-8-15(19-12(2)18-11)17-9-13-4-6-14(7-5-13)10-22(20,21)16-3/h4-8,16H,9-10H2,1-3H3,(H,17,18,19). The SMILES string of the molecule is CNS(=O)(=O)Cc1ccc(CNc2cc(C)nc(C)n2)cc1. The zero-order valence-corrected chi connectivity index (χ0v) is 13.7. The van der Waals surface area contributed by atoms with Crippen LogP contribution in [-0.2, 0) is 22.3 Å². The van der Waals surface area contributed by atoms with E-state index in [-0.39, 0.29) is 5.75 Å². The molecular weight excluding hydrogens is 300 g/mol. The first-order valence-corrected chi connectivity index (χ1v) is 8.58. The van der Waals surface area contributed by atoms with E-state index in [9.17, 15) is 8.42 Å². The number of aromatic nitrogens is 2. The first-order valence-electron chi connectivity index (χ1n) is 6.93. The van der Waals surface area contributed by atoms with E-state index in [1.54, 1.807) is 0 Å². The van der Waals surface area contributed by atoms with E-state index < -0.39 is 10.0 Å². The lowest BCUT2D eigenvalue weighted by Gasteiger charge is -2.08. The summed E-state index contributed by atoms with van der Waals surface area (Å²) in [7, 11) is -1.82. The second-order valence-electron chi connectivity index (χ2n) is 5.08. The van der Waals surface area contributed by atoms with Crippen LogP contribution < -0.4 is 10.0 Å². The summed E-state index contributed by atoms with van der Waals surface area (Å²) in [6.07, 6.45) is 0. The molecule has 0 radical (unpaired) electrons. The van der Waals surface area contributed by atoms with Crippen LogP contribution in [0.5, 0.6) is 0 Å². The highest BCUT2D eigenvalue weighted by atomic mass is 32.2. The highest BCUT2D eigenvalue weighted by Crippen LogP contribution is 2.11. The largest absolute Gasteiger partial charge is 0.366 e. The van der Waals surface area contributed by atoms with Crippen LogP contribution in [-0.4, -0.2) is 25.4 Å². The summed E-state index contributed by atoms with van der Waals surface area (Å²) < 4.78 is 25.3. The Labute approximate surface area is 131 Å². The predicted molar refractivity (Wildman–Crippen MR) is 87.0 cm³/mol. The molecule has 22 heavy (non-hydrogen) atoms. The van der Waals surface area contributed by atoms with E-state index in [0.29, 0.717) is 6.54 Å². The van der Waals surface area contributed by atoms with Crippen LogP contribution in [0.4, 0.5) is 5.82 Å². The monoisotopic (exact) mass is 320 g/mol. The van der Waals surface area contributed by atoms with Gasteiger partial charge in [0.05, 0.1) is 5.75 Å². The van der Waals surface area contributed by atoms with Gasteiger partial charge >= 0.3 is 0 Å². The number of sulfonamides is 1. The predicted octanol–water partition coefficient (Wildman–Crippen LogP) is 1.75. The van der Waals surface area contributed by atoms with Crippen molar-refractivity contribution in [2.75, 3.05) is 12.4 Å². The van der Waals surface area contributed by atoms with E-state index in [1.165, 1.54) is 7.05 Å². The molecule has 0 saturated heterocycles. The molecule has 0 aliphatic rings. The molecule has 1 heterocycles. The molecule has 0 spiro atoms. The minimum absolute atomic E-state index is 0.0124. The maximum absolute atomic E-state index is 11.5. The molecule has 0 atom stereocenters. The summed E-state index contributed by atoms with van der Waals surface area (Å²) >= 11 is 0. The van der Waals surface area contributed by atoms with Crippen LogP contribution in [0.2, 0.25) is 0 Å². The van der Waals surface area contributed by atoms with Crippen molar-refractivity contribution in [2.24, 2.45) is 0 Å². The molecule has 7 heteroatoms. The Hall–Kier alpha value is -1.99. The lowest BCUT2D eigenvalue weighted by Crippen LogP contribution is -2.20. The fraction of sp³-hybridized carbons (Fsp3) is 0.333. The first-order chi connectivity index (χ1) is 10.4. The molecule has 6 nitrogen and oxygen atoms in total. The van der Waals surface area contributed by atoms with Crippen LogP contribution >= 0.6 is 0 Å². The Kier molecular flexibility index (Phi) is 5.10. The maximum Gasteiger partial charge on any atom is 0.215 e. The number of hydrogen-bond donors (Lipinski definition) is 2. The number of anilines is 1. The summed E-state index contributed by atoms with van der Waals surface area (Å²) in [5, 5.41) is 3.24. The molecule has 118 valence electrons. The van der Waals surface area contributed by atoms with Gasteiger partial charge in [-0.2, -0.15) is 0 Å². The minimum atomic E-state index is -3.23. The Morgan fingerprint density at radius 2 is 1.68 bits per heavy atom. The second kappa shape index (κ2) is 6.85. The topological polar surface area (TPSA) is 84.0 Å². The molecule has 0 fully saturated rings. The fourth-order valence-electron chi connectivity index (χ4n) is 2.05. The van der Waals surface area contributed by atoms with Gasteiger partial charge in [0, 0.05) is 18.3 Å². The zero-order valence-electron chi connectivity index (χ0n) is 12.9. The highest BCUT2D eigenvalue weighted by molar-refractivity contribution is 7.88. The van der Waals surface area contributed by atoms with Crippen LogP contribution in [0, 0.1) is 13.8 Å². The summed E-state index contributed by atoms with van der Waals surface area (Å²) in [4.78, 5) is 8.55. The van der Waals surface area contributed by atoms with Crippen molar-refractivity contribution in [1.29, 1.82) is 0 Å². The number of nitrogens with one attached hydrogen (secondary N) is 2. The van der Waals surface area contributed by atoms with Gasteiger partial charge in [-0.1, -0.05) is 24.3 Å². The quantitative estimate of drug-likeness (QED) is 0.847. The molecule has 0 saturated carbocycles. The van der Waals surface area contributed by atoms with Crippen molar-refractivity contribution < 1.29 is 8.42 Å². The van der Waals surface area contributed by atoms with Gasteiger partial charge in [0.2, 0.25) is 10.0 Å². The number of rotatable bonds is 6. The van der Waals surface area contributed by atoms with Crippen molar-refractivity contribution in [3.63, 3.8) is 0 Å². The first kappa shape index (κ1) is 16.4. The van der Waals surface area contributed by atoms with Gasteiger partial charge in [-0.3, -0.25) is 0 Å². The molecular formula is C15H20N4O2S. The van der Waals surface area contributed by atoms with Crippen LogP contribution in [0.25, 0.3) is 0 Å². The lowest BCUT2D eigenvalue weighted by molar-refractivity contribution is 0.587. The van der Waals surface area contributed by atoms with Gasteiger partial charge in [-0.15, -0.1) is 0 Å². The van der Waals surface area contributed by atoms with E-state index in [0.717, 1.165) is 28.5 Å². The highest BCUT2D eigenvalue weighted by Gasteiger charge is 2.08. The van der Waals surface area contributed by atoms with Gasteiger partial charge in [0.15, 0.2) is 0 Å². The summed E-state index contributed by atoms with van der Waals surface area (Å²) in [5.41, 5.74) is 2.73. The molecule has 0 unspecified atom stereocenters. The van der Waals surface area contributed by atoms with Crippen molar-refractivity contribution in [3.05, 3.63) is 53.0 Å². The number of nitrogens with zero attached hydrogens (tertiary/aromatic N) is 2. The summed E-state index contributed by atoms with van der Waals surface area (Å²) in [6.45, 7) is 4.40. The fourth-order valence-corrected chi connectivity index (χ4v) is 2.82. The number of aryl methyl sites for hydroxylation is 2. The smallest absolute Gasteiger partial charge is 0.215 e. The van der Waals surface area contributed by atoms with Gasteiger partial charge in [0.25, 0.3) is 0 Å². The van der Waals surface area contributed by atoms with Crippen molar-refractivity contribution in [3.8, 4) is 0 Å². The third-order valence-electron chi connectivity index (χ3n) is 3.13. The van der Waals surface area contributed by atoms with E-state index in [2.05, 4.69) is 20.0 Å². The molecule has 0 amide bonds. The average molecular weight is 320 g/mol. The van der Waals surface area contributed by atoms with Gasteiger partial charge in [0.1, 0.15) is 11.6 Å². The van der Waals surface area contributed by atoms with Crippen molar-refractivity contribution in [2.45, 2.75) is 26.1 Å². The van der Waals surface area contributed by atoms with Crippen molar-refractivity contribution in [1.82, 2.24) is 14.7 Å². The Morgan fingerprint density at radius 1 is 1.05 bits per heavy atom. The maximum atomic E-state index is 11.5. The van der Waals surface area contributed by atoms with Crippen LogP contribution in [0.15, 0.2) is 30.3 Å². The minimum Gasteiger partial charge on any atom is -0.366 e. The molecule has 0 aliphatic carbocycles. The molecule has 1 aromatic carbocycles. The summed E-state index contributed by atoms with van der Waals surface area (Å²) in [5.74, 6) is 1.50.